The zero-order valence-electron chi connectivity index (χ0n) is 9.19. The van der Waals surface area contributed by atoms with Crippen molar-refractivity contribution in [1.29, 1.82) is 0 Å². The first-order valence-corrected chi connectivity index (χ1v) is 5.94. The minimum absolute atomic E-state index is 1.19. The fourth-order valence-electron chi connectivity index (χ4n) is 2.91. The van der Waals surface area contributed by atoms with Gasteiger partial charge in [-0.1, -0.05) is 24.3 Å². The van der Waals surface area contributed by atoms with Gasteiger partial charge in [0.2, 0.25) is 0 Å². The zero-order chi connectivity index (χ0) is 10.5. The molecule has 16 heavy (non-hydrogen) atoms. The lowest BCUT2D eigenvalue weighted by Crippen LogP contribution is -2.51. The van der Waals surface area contributed by atoms with Gasteiger partial charge in [0.15, 0.2) is 0 Å². The van der Waals surface area contributed by atoms with E-state index in [4.69, 9.17) is 0 Å². The molecule has 0 aromatic heterocycles. The number of rotatable bonds is 0. The molecule has 2 nitrogen and oxygen atoms in total. The van der Waals surface area contributed by atoms with E-state index in [2.05, 4.69) is 46.2 Å². The lowest BCUT2D eigenvalue weighted by atomic mass is 10.0. The summed E-state index contributed by atoms with van der Waals surface area (Å²) in [7, 11) is 0. The van der Waals surface area contributed by atoms with Crippen LogP contribution in [0.1, 0.15) is 0 Å². The van der Waals surface area contributed by atoms with Gasteiger partial charge in [0.25, 0.3) is 0 Å². The third-order valence-electron chi connectivity index (χ3n) is 3.80. The number of hydrogen-bond acceptors (Lipinski definition) is 2. The first-order valence-electron chi connectivity index (χ1n) is 5.94. The monoisotopic (exact) mass is 210 g/mol. The van der Waals surface area contributed by atoms with E-state index in [1.54, 1.807) is 0 Å². The quantitative estimate of drug-likeness (QED) is 0.659. The van der Waals surface area contributed by atoms with Gasteiger partial charge in [-0.15, -0.1) is 0 Å². The molecule has 0 N–H and O–H groups in total. The van der Waals surface area contributed by atoms with Gasteiger partial charge >= 0.3 is 0 Å². The molecule has 0 atom stereocenters. The van der Waals surface area contributed by atoms with E-state index in [1.807, 2.05) is 0 Å². The van der Waals surface area contributed by atoms with Crippen LogP contribution in [0.5, 0.6) is 0 Å². The van der Waals surface area contributed by atoms with Crippen LogP contribution in [0.25, 0.3) is 10.8 Å². The van der Waals surface area contributed by atoms with Gasteiger partial charge in [-0.05, 0) is 22.9 Å². The van der Waals surface area contributed by atoms with E-state index in [0.717, 1.165) is 0 Å². The van der Waals surface area contributed by atoms with Gasteiger partial charge < -0.3 is 9.80 Å². The molecule has 0 amide bonds. The average molecular weight is 210 g/mol. The third kappa shape index (κ3) is 1.02. The highest BCUT2D eigenvalue weighted by atomic mass is 15.3. The summed E-state index contributed by atoms with van der Waals surface area (Å²) >= 11 is 0. The maximum absolute atomic E-state index is 2.52. The van der Waals surface area contributed by atoms with Crippen LogP contribution < -0.4 is 9.80 Å². The Kier molecular flexibility index (Phi) is 1.54. The fourth-order valence-corrected chi connectivity index (χ4v) is 2.91. The summed E-state index contributed by atoms with van der Waals surface area (Å²) in [5.74, 6) is 0. The largest absolute Gasteiger partial charge is 0.366 e. The summed E-state index contributed by atoms with van der Waals surface area (Å²) in [4.78, 5) is 5.03. The number of anilines is 2. The van der Waals surface area contributed by atoms with Gasteiger partial charge in [-0.3, -0.25) is 0 Å². The van der Waals surface area contributed by atoms with E-state index in [0.29, 0.717) is 0 Å². The fraction of sp³-hybridized carbons (Fsp3) is 0.286. The number of fused-ring (bicyclic) bond motifs is 3. The molecule has 1 saturated heterocycles. The molecule has 2 aromatic carbocycles. The maximum Gasteiger partial charge on any atom is 0.0611 e. The van der Waals surface area contributed by atoms with Crippen molar-refractivity contribution in [2.24, 2.45) is 0 Å². The highest BCUT2D eigenvalue weighted by molar-refractivity contribution is 5.94. The van der Waals surface area contributed by atoms with Crippen molar-refractivity contribution in [3.63, 3.8) is 0 Å². The van der Waals surface area contributed by atoms with Crippen molar-refractivity contribution in [1.82, 2.24) is 0 Å². The van der Waals surface area contributed by atoms with Crippen LogP contribution in [0.2, 0.25) is 0 Å². The minimum atomic E-state index is 1.19. The van der Waals surface area contributed by atoms with Crippen LogP contribution in [-0.4, -0.2) is 26.2 Å². The Balaban J connectivity index is 2.03. The second-order valence-electron chi connectivity index (χ2n) is 4.66. The number of nitrogens with zero attached hydrogens (tertiary/aromatic N) is 2. The molecule has 3 aliphatic heterocycles. The average Bonchev–Trinajstić information content (AvgIpc) is 2.38. The lowest BCUT2D eigenvalue weighted by Gasteiger charge is -2.45. The maximum atomic E-state index is 2.52. The second-order valence-corrected chi connectivity index (χ2v) is 4.66. The van der Waals surface area contributed by atoms with Gasteiger partial charge in [0.05, 0.1) is 11.4 Å². The topological polar surface area (TPSA) is 6.48 Å². The first-order chi connectivity index (χ1) is 7.92. The van der Waals surface area contributed by atoms with Crippen molar-refractivity contribution in [3.8, 4) is 0 Å². The Morgan fingerprint density at radius 3 is 1.56 bits per heavy atom. The molecule has 0 saturated carbocycles. The van der Waals surface area contributed by atoms with Gasteiger partial charge in [-0.2, -0.15) is 0 Å². The van der Waals surface area contributed by atoms with Crippen molar-refractivity contribution in [2.75, 3.05) is 36.0 Å². The minimum Gasteiger partial charge on any atom is -0.366 e. The predicted octanol–water partition coefficient (Wildman–Crippen LogP) is 2.48. The molecule has 2 bridgehead atoms. The summed E-state index contributed by atoms with van der Waals surface area (Å²) in [6, 6.07) is 13.3. The van der Waals surface area contributed by atoms with Crippen molar-refractivity contribution in [3.05, 3.63) is 36.4 Å². The molecule has 0 spiro atoms. The summed E-state index contributed by atoms with van der Waals surface area (Å²) in [6.07, 6.45) is 0. The molecule has 5 rings (SSSR count). The summed E-state index contributed by atoms with van der Waals surface area (Å²) < 4.78 is 0. The lowest BCUT2D eigenvalue weighted by molar-refractivity contribution is 0.625. The summed E-state index contributed by atoms with van der Waals surface area (Å²) in [6.45, 7) is 4.74. The third-order valence-corrected chi connectivity index (χ3v) is 3.80. The van der Waals surface area contributed by atoms with E-state index >= 15 is 0 Å². The Hall–Kier alpha value is -1.70. The Bertz CT molecular complexity index is 503. The van der Waals surface area contributed by atoms with E-state index in [1.165, 1.54) is 48.3 Å². The highest BCUT2D eigenvalue weighted by Gasteiger charge is 2.27. The predicted molar refractivity (Wildman–Crippen MR) is 68.4 cm³/mol. The van der Waals surface area contributed by atoms with E-state index < -0.39 is 0 Å². The van der Waals surface area contributed by atoms with Gasteiger partial charge in [0.1, 0.15) is 0 Å². The summed E-state index contributed by atoms with van der Waals surface area (Å²) in [5, 5.41) is 2.71. The van der Waals surface area contributed by atoms with Crippen LogP contribution in [0.15, 0.2) is 36.4 Å². The molecular formula is C14H14N2. The summed E-state index contributed by atoms with van der Waals surface area (Å²) in [5.41, 5.74) is 2.85. The molecule has 3 aliphatic rings. The van der Waals surface area contributed by atoms with E-state index in [9.17, 15) is 0 Å². The van der Waals surface area contributed by atoms with Gasteiger partial charge in [-0.25, -0.2) is 0 Å². The molecule has 0 radical (unpaired) electrons. The molecule has 2 heteroatoms. The molecule has 0 unspecified atom stereocenters. The highest BCUT2D eigenvalue weighted by Crippen LogP contribution is 2.39. The zero-order valence-corrected chi connectivity index (χ0v) is 9.19. The Morgan fingerprint density at radius 1 is 0.688 bits per heavy atom. The van der Waals surface area contributed by atoms with Crippen molar-refractivity contribution in [2.45, 2.75) is 0 Å². The molecule has 2 aromatic rings. The SMILES string of the molecule is c1ccc2cc3c(cc2c1)N1CCN3CC1. The van der Waals surface area contributed by atoms with Crippen molar-refractivity contribution >= 4 is 22.1 Å². The molecule has 0 aliphatic carbocycles. The van der Waals surface area contributed by atoms with Crippen LogP contribution in [-0.2, 0) is 0 Å². The standard InChI is InChI=1S/C14H14N2/c1-2-4-12-10-14-13(9-11(12)3-1)15-5-7-16(14)8-6-15/h1-4,9-10H,5-8H2. The van der Waals surface area contributed by atoms with Crippen molar-refractivity contribution < 1.29 is 0 Å². The normalized spacial score (nSPS) is 18.0. The van der Waals surface area contributed by atoms with Crippen LogP contribution in [0.4, 0.5) is 11.4 Å². The Morgan fingerprint density at radius 2 is 1.12 bits per heavy atom. The van der Waals surface area contributed by atoms with E-state index in [-0.39, 0.29) is 0 Å². The molecular weight excluding hydrogens is 196 g/mol. The van der Waals surface area contributed by atoms with Crippen LogP contribution in [0, 0.1) is 0 Å². The second kappa shape index (κ2) is 2.91. The molecule has 3 heterocycles. The molecule has 80 valence electrons. The number of hydrogen-bond donors (Lipinski definition) is 0. The van der Waals surface area contributed by atoms with Crippen LogP contribution >= 0.6 is 0 Å². The Labute approximate surface area is 95.1 Å². The number of piperazine rings is 1. The smallest absolute Gasteiger partial charge is 0.0611 e. The van der Waals surface area contributed by atoms with Gasteiger partial charge in [0, 0.05) is 26.2 Å². The first kappa shape index (κ1) is 8.45. The van der Waals surface area contributed by atoms with Crippen LogP contribution in [0.3, 0.4) is 0 Å². The number of benzene rings is 2. The molecule has 1 fully saturated rings.